The number of hydrogen-bond acceptors (Lipinski definition) is 5. The monoisotopic (exact) mass is 477 g/mol. The van der Waals surface area contributed by atoms with Gasteiger partial charge in [-0.3, -0.25) is 4.79 Å². The van der Waals surface area contributed by atoms with Gasteiger partial charge >= 0.3 is 0 Å². The van der Waals surface area contributed by atoms with Crippen LogP contribution < -0.4 is 14.9 Å². The minimum atomic E-state index is -3.61. The zero-order valence-corrected chi connectivity index (χ0v) is 19.4. The Bertz CT molecular complexity index is 1030. The highest BCUT2D eigenvalue weighted by atomic mass is 35.5. The van der Waals surface area contributed by atoms with Crippen molar-refractivity contribution >= 4 is 38.9 Å². The standard InChI is InChI=1S/C23H28ClN3O4S/c24-18-3-1-4-20(15-18)27-12-10-17(11-13-27)23(28)26-19-6-8-22(9-7-19)32(29,30)25-16-21-5-2-14-31-21/h1,3-4,6-9,15,17,21,25H,2,5,10-14,16H2,(H,26,28). The SMILES string of the molecule is O=C(Nc1ccc(S(=O)(=O)NCC2CCCO2)cc1)C1CCN(c2cccc(Cl)c2)CC1. The van der Waals surface area contributed by atoms with Crippen LogP contribution in [0.1, 0.15) is 25.7 Å². The quantitative estimate of drug-likeness (QED) is 0.635. The molecule has 1 amide bonds. The molecule has 9 heteroatoms. The van der Waals surface area contributed by atoms with Crippen LogP contribution in [-0.4, -0.2) is 46.7 Å². The number of carbonyl (C=O) groups excluding carboxylic acids is 1. The number of nitrogens with zero attached hydrogens (tertiary/aromatic N) is 1. The summed E-state index contributed by atoms with van der Waals surface area (Å²) in [5.74, 6) is -0.121. The molecule has 0 spiro atoms. The van der Waals surface area contributed by atoms with Crippen LogP contribution in [0.3, 0.4) is 0 Å². The lowest BCUT2D eigenvalue weighted by molar-refractivity contribution is -0.120. The maximum Gasteiger partial charge on any atom is 0.240 e. The van der Waals surface area contributed by atoms with Gasteiger partial charge in [0.2, 0.25) is 15.9 Å². The number of sulfonamides is 1. The fourth-order valence-corrected chi connectivity index (χ4v) is 5.38. The van der Waals surface area contributed by atoms with Crippen LogP contribution in [0.4, 0.5) is 11.4 Å². The summed E-state index contributed by atoms with van der Waals surface area (Å²) in [5.41, 5.74) is 1.66. The van der Waals surface area contributed by atoms with Crippen molar-refractivity contribution in [2.75, 3.05) is 36.5 Å². The van der Waals surface area contributed by atoms with Crippen molar-refractivity contribution < 1.29 is 17.9 Å². The maximum atomic E-state index is 12.7. The van der Waals surface area contributed by atoms with Crippen LogP contribution in [0.15, 0.2) is 53.4 Å². The zero-order chi connectivity index (χ0) is 22.6. The van der Waals surface area contributed by atoms with E-state index in [2.05, 4.69) is 14.9 Å². The Labute approximate surface area is 194 Å². The number of nitrogens with one attached hydrogen (secondary N) is 2. The third-order valence-corrected chi connectivity index (χ3v) is 7.67. The Morgan fingerprint density at radius 2 is 1.84 bits per heavy atom. The van der Waals surface area contributed by atoms with Crippen LogP contribution >= 0.6 is 11.6 Å². The number of rotatable bonds is 7. The van der Waals surface area contributed by atoms with Crippen LogP contribution in [0, 0.1) is 5.92 Å². The van der Waals surface area contributed by atoms with Gasteiger partial charge in [-0.05, 0) is 68.1 Å². The summed E-state index contributed by atoms with van der Waals surface area (Å²) in [5, 5.41) is 3.62. The number of benzene rings is 2. The topological polar surface area (TPSA) is 87.7 Å². The molecular weight excluding hydrogens is 450 g/mol. The van der Waals surface area contributed by atoms with E-state index in [9.17, 15) is 13.2 Å². The van der Waals surface area contributed by atoms with Crippen molar-refractivity contribution in [2.45, 2.75) is 36.7 Å². The second kappa shape index (κ2) is 10.2. The van der Waals surface area contributed by atoms with E-state index in [0.29, 0.717) is 17.3 Å². The normalized spacial score (nSPS) is 19.8. The fraction of sp³-hybridized carbons (Fsp3) is 0.435. The lowest BCUT2D eigenvalue weighted by atomic mass is 9.95. The number of amides is 1. The van der Waals surface area contributed by atoms with Gasteiger partial charge in [0.15, 0.2) is 0 Å². The van der Waals surface area contributed by atoms with Gasteiger partial charge in [0, 0.05) is 48.6 Å². The summed E-state index contributed by atoms with van der Waals surface area (Å²) in [6, 6.07) is 14.0. The van der Waals surface area contributed by atoms with Crippen LogP contribution in [0.5, 0.6) is 0 Å². The first-order chi connectivity index (χ1) is 15.4. The van der Waals surface area contributed by atoms with Crippen LogP contribution in [0.25, 0.3) is 0 Å². The molecule has 7 nitrogen and oxygen atoms in total. The highest BCUT2D eigenvalue weighted by Crippen LogP contribution is 2.26. The van der Waals surface area contributed by atoms with Gasteiger partial charge in [0.25, 0.3) is 0 Å². The van der Waals surface area contributed by atoms with Crippen molar-refractivity contribution in [3.63, 3.8) is 0 Å². The van der Waals surface area contributed by atoms with Crippen molar-refractivity contribution in [1.82, 2.24) is 4.72 Å². The van der Waals surface area contributed by atoms with Gasteiger partial charge in [-0.25, -0.2) is 13.1 Å². The molecule has 2 saturated heterocycles. The number of piperidine rings is 1. The third-order valence-electron chi connectivity index (χ3n) is 6.00. The number of halogens is 1. The average Bonchev–Trinajstić information content (AvgIpc) is 3.32. The minimum absolute atomic E-state index is 0.0390. The highest BCUT2D eigenvalue weighted by molar-refractivity contribution is 7.89. The van der Waals surface area contributed by atoms with E-state index in [4.69, 9.17) is 16.3 Å². The lowest BCUT2D eigenvalue weighted by Crippen LogP contribution is -2.38. The Balaban J connectivity index is 1.28. The number of carbonyl (C=O) groups is 1. The second-order valence-electron chi connectivity index (χ2n) is 8.24. The molecule has 2 fully saturated rings. The summed E-state index contributed by atoms with van der Waals surface area (Å²) in [6.45, 7) is 2.52. The summed E-state index contributed by atoms with van der Waals surface area (Å²) < 4.78 is 33.0. The first kappa shape index (κ1) is 23.0. The smallest absolute Gasteiger partial charge is 0.240 e. The van der Waals surface area contributed by atoms with Gasteiger partial charge in [-0.1, -0.05) is 17.7 Å². The second-order valence-corrected chi connectivity index (χ2v) is 10.4. The first-order valence-electron chi connectivity index (χ1n) is 10.9. The molecule has 2 aromatic carbocycles. The minimum Gasteiger partial charge on any atom is -0.377 e. The Morgan fingerprint density at radius 1 is 1.09 bits per heavy atom. The van der Waals surface area contributed by atoms with E-state index in [-0.39, 0.29) is 29.4 Å². The molecule has 1 atom stereocenters. The number of hydrogen-bond donors (Lipinski definition) is 2. The molecule has 2 aliphatic heterocycles. The van der Waals surface area contributed by atoms with Gasteiger partial charge in [0.1, 0.15) is 0 Å². The van der Waals surface area contributed by atoms with Gasteiger partial charge in [-0.15, -0.1) is 0 Å². The molecule has 2 heterocycles. The highest BCUT2D eigenvalue weighted by Gasteiger charge is 2.25. The molecule has 2 N–H and O–H groups in total. The third kappa shape index (κ3) is 5.81. The Kier molecular flexibility index (Phi) is 7.35. The summed E-state index contributed by atoms with van der Waals surface area (Å²) in [4.78, 5) is 15.1. The molecule has 2 aromatic rings. The molecule has 0 radical (unpaired) electrons. The molecule has 2 aliphatic rings. The van der Waals surface area contributed by atoms with Gasteiger partial charge < -0.3 is 15.0 Å². The fourth-order valence-electron chi connectivity index (χ4n) is 4.13. The van der Waals surface area contributed by atoms with Crippen molar-refractivity contribution in [1.29, 1.82) is 0 Å². The van der Waals surface area contributed by atoms with Crippen molar-refractivity contribution in [3.05, 3.63) is 53.6 Å². The maximum absolute atomic E-state index is 12.7. The van der Waals surface area contributed by atoms with E-state index in [1.54, 1.807) is 12.1 Å². The molecule has 0 aliphatic carbocycles. The summed E-state index contributed by atoms with van der Waals surface area (Å²) in [7, 11) is -3.61. The molecule has 0 aromatic heterocycles. The van der Waals surface area contributed by atoms with Crippen molar-refractivity contribution in [3.8, 4) is 0 Å². The number of anilines is 2. The molecule has 1 unspecified atom stereocenters. The van der Waals surface area contributed by atoms with Crippen LogP contribution in [0.2, 0.25) is 5.02 Å². The first-order valence-corrected chi connectivity index (χ1v) is 12.8. The predicted molar refractivity (Wildman–Crippen MR) is 126 cm³/mol. The number of ether oxygens (including phenoxy) is 1. The van der Waals surface area contributed by atoms with E-state index in [1.807, 2.05) is 24.3 Å². The van der Waals surface area contributed by atoms with Crippen LogP contribution in [-0.2, 0) is 19.6 Å². The molecular formula is C23H28ClN3O4S. The molecule has 32 heavy (non-hydrogen) atoms. The predicted octanol–water partition coefficient (Wildman–Crippen LogP) is 3.65. The van der Waals surface area contributed by atoms with E-state index < -0.39 is 10.0 Å². The van der Waals surface area contributed by atoms with E-state index >= 15 is 0 Å². The molecule has 4 rings (SSSR count). The zero-order valence-electron chi connectivity index (χ0n) is 17.8. The van der Waals surface area contributed by atoms with E-state index in [1.165, 1.54) is 12.1 Å². The van der Waals surface area contributed by atoms with Gasteiger partial charge in [0.05, 0.1) is 11.0 Å². The average molecular weight is 478 g/mol. The lowest BCUT2D eigenvalue weighted by Gasteiger charge is -2.33. The Hall–Kier alpha value is -2.13. The summed E-state index contributed by atoms with van der Waals surface area (Å²) in [6.07, 6.45) is 3.26. The summed E-state index contributed by atoms with van der Waals surface area (Å²) >= 11 is 6.08. The van der Waals surface area contributed by atoms with Crippen molar-refractivity contribution in [2.24, 2.45) is 5.92 Å². The molecule has 0 bridgehead atoms. The molecule has 0 saturated carbocycles. The largest absolute Gasteiger partial charge is 0.377 e. The molecule has 172 valence electrons. The van der Waals surface area contributed by atoms with Gasteiger partial charge in [-0.2, -0.15) is 0 Å². The Morgan fingerprint density at radius 3 is 2.50 bits per heavy atom. The van der Waals surface area contributed by atoms with E-state index in [0.717, 1.165) is 44.5 Å².